The molecule has 0 saturated carbocycles. The lowest BCUT2D eigenvalue weighted by atomic mass is 10.2. The lowest BCUT2D eigenvalue weighted by Gasteiger charge is -2.07. The van der Waals surface area contributed by atoms with Gasteiger partial charge in [-0.25, -0.2) is 4.98 Å². The molecule has 3 rings (SSSR count). The van der Waals surface area contributed by atoms with Gasteiger partial charge in [-0.3, -0.25) is 0 Å². The number of benzene rings is 1. The van der Waals surface area contributed by atoms with Gasteiger partial charge in [0.1, 0.15) is 5.65 Å². The average molecular weight is 251 g/mol. The van der Waals surface area contributed by atoms with Crippen LogP contribution in [-0.2, 0) is 6.54 Å². The van der Waals surface area contributed by atoms with Crippen molar-refractivity contribution >= 4 is 11.3 Å². The van der Waals surface area contributed by atoms with Crippen LogP contribution in [0.2, 0.25) is 0 Å². The van der Waals surface area contributed by atoms with Gasteiger partial charge in [-0.2, -0.15) is 0 Å². The zero-order valence-electron chi connectivity index (χ0n) is 11.2. The maximum atomic E-state index is 4.66. The van der Waals surface area contributed by atoms with Gasteiger partial charge in [-0.15, -0.1) is 0 Å². The number of rotatable bonds is 3. The third kappa shape index (κ3) is 2.32. The summed E-state index contributed by atoms with van der Waals surface area (Å²) in [7, 11) is 0. The van der Waals surface area contributed by atoms with Gasteiger partial charge in [-0.05, 0) is 37.1 Å². The molecule has 0 bridgehead atoms. The number of aryl methyl sites for hydroxylation is 2. The number of aromatic nitrogens is 2. The van der Waals surface area contributed by atoms with Crippen LogP contribution in [0.5, 0.6) is 0 Å². The Balaban J connectivity index is 1.83. The molecule has 0 atom stereocenters. The predicted octanol–water partition coefficient (Wildman–Crippen LogP) is 3.56. The Morgan fingerprint density at radius 2 is 1.84 bits per heavy atom. The monoisotopic (exact) mass is 251 g/mol. The first kappa shape index (κ1) is 11.8. The van der Waals surface area contributed by atoms with Crippen molar-refractivity contribution < 1.29 is 0 Å². The van der Waals surface area contributed by atoms with E-state index in [1.165, 1.54) is 11.1 Å². The molecule has 1 aromatic carbocycles. The number of pyridine rings is 1. The number of hydrogen-bond donors (Lipinski definition) is 1. The van der Waals surface area contributed by atoms with Gasteiger partial charge in [0.25, 0.3) is 0 Å². The van der Waals surface area contributed by atoms with E-state index in [0.29, 0.717) is 0 Å². The molecule has 3 heteroatoms. The van der Waals surface area contributed by atoms with Gasteiger partial charge in [-0.1, -0.05) is 24.3 Å². The molecule has 0 radical (unpaired) electrons. The Bertz CT molecular complexity index is 713. The van der Waals surface area contributed by atoms with E-state index in [1.807, 2.05) is 18.3 Å². The molecule has 0 amide bonds. The first-order chi connectivity index (χ1) is 9.24. The number of fused-ring (bicyclic) bond motifs is 1. The first-order valence-corrected chi connectivity index (χ1v) is 6.47. The molecule has 2 aromatic heterocycles. The number of nitrogens with one attached hydrogen (secondary N) is 1. The Morgan fingerprint density at radius 1 is 1.05 bits per heavy atom. The van der Waals surface area contributed by atoms with E-state index in [0.717, 1.165) is 23.6 Å². The van der Waals surface area contributed by atoms with Crippen LogP contribution in [0.25, 0.3) is 5.65 Å². The highest BCUT2D eigenvalue weighted by Gasteiger charge is 2.04. The van der Waals surface area contributed by atoms with Crippen LogP contribution in [0.4, 0.5) is 5.69 Å². The Labute approximate surface area is 112 Å². The summed E-state index contributed by atoms with van der Waals surface area (Å²) in [6.45, 7) is 4.93. The second kappa shape index (κ2) is 4.76. The molecule has 0 aliphatic carbocycles. The van der Waals surface area contributed by atoms with Gasteiger partial charge in [0.2, 0.25) is 0 Å². The van der Waals surface area contributed by atoms with Crippen molar-refractivity contribution in [3.8, 4) is 0 Å². The van der Waals surface area contributed by atoms with Crippen LogP contribution in [0.1, 0.15) is 16.8 Å². The van der Waals surface area contributed by atoms with E-state index in [1.54, 1.807) is 0 Å². The standard InChI is InChI=1S/C16H17N3/c1-12-6-3-4-8-15(12)17-10-14-11-19-9-5-7-13(2)16(19)18-14/h3-9,11,17H,10H2,1-2H3. The van der Waals surface area contributed by atoms with Gasteiger partial charge >= 0.3 is 0 Å². The minimum Gasteiger partial charge on any atom is -0.379 e. The predicted molar refractivity (Wildman–Crippen MR) is 78.4 cm³/mol. The number of hydrogen-bond acceptors (Lipinski definition) is 2. The maximum absolute atomic E-state index is 4.66. The second-order valence-electron chi connectivity index (χ2n) is 4.82. The lowest BCUT2D eigenvalue weighted by Crippen LogP contribution is -2.00. The maximum Gasteiger partial charge on any atom is 0.140 e. The van der Waals surface area contributed by atoms with Crippen LogP contribution in [0.3, 0.4) is 0 Å². The van der Waals surface area contributed by atoms with E-state index in [-0.39, 0.29) is 0 Å². The van der Waals surface area contributed by atoms with Gasteiger partial charge in [0.05, 0.1) is 12.2 Å². The highest BCUT2D eigenvalue weighted by Crippen LogP contribution is 2.15. The lowest BCUT2D eigenvalue weighted by molar-refractivity contribution is 1.07. The van der Waals surface area contributed by atoms with E-state index in [4.69, 9.17) is 0 Å². The van der Waals surface area contributed by atoms with Gasteiger partial charge in [0, 0.05) is 18.1 Å². The fourth-order valence-corrected chi connectivity index (χ4v) is 2.25. The molecule has 0 aliphatic heterocycles. The quantitative estimate of drug-likeness (QED) is 0.771. The fourth-order valence-electron chi connectivity index (χ4n) is 2.25. The van der Waals surface area contributed by atoms with Crippen molar-refractivity contribution in [3.05, 3.63) is 65.6 Å². The van der Waals surface area contributed by atoms with E-state index >= 15 is 0 Å². The Kier molecular flexibility index (Phi) is 2.95. The smallest absolute Gasteiger partial charge is 0.140 e. The summed E-state index contributed by atoms with van der Waals surface area (Å²) in [4.78, 5) is 4.66. The minimum absolute atomic E-state index is 0.742. The topological polar surface area (TPSA) is 29.3 Å². The van der Waals surface area contributed by atoms with Crippen molar-refractivity contribution in [1.82, 2.24) is 9.38 Å². The summed E-state index contributed by atoms with van der Waals surface area (Å²) in [6.07, 6.45) is 4.11. The third-order valence-electron chi connectivity index (χ3n) is 3.33. The number of anilines is 1. The summed E-state index contributed by atoms with van der Waals surface area (Å²) in [5.74, 6) is 0. The van der Waals surface area contributed by atoms with Crippen molar-refractivity contribution in [2.75, 3.05) is 5.32 Å². The number of para-hydroxylation sites is 1. The highest BCUT2D eigenvalue weighted by molar-refractivity contribution is 5.51. The molecule has 96 valence electrons. The SMILES string of the molecule is Cc1ccccc1NCc1cn2cccc(C)c2n1. The summed E-state index contributed by atoms with van der Waals surface area (Å²) >= 11 is 0. The normalized spacial score (nSPS) is 10.8. The van der Waals surface area contributed by atoms with Crippen molar-refractivity contribution in [2.24, 2.45) is 0 Å². The largest absolute Gasteiger partial charge is 0.379 e. The minimum atomic E-state index is 0.742. The van der Waals surface area contributed by atoms with Crippen molar-refractivity contribution in [3.63, 3.8) is 0 Å². The molecule has 0 spiro atoms. The zero-order valence-corrected chi connectivity index (χ0v) is 11.2. The molecule has 1 N–H and O–H groups in total. The summed E-state index contributed by atoms with van der Waals surface area (Å²) in [6, 6.07) is 12.4. The molecule has 2 heterocycles. The summed E-state index contributed by atoms with van der Waals surface area (Å²) in [5, 5.41) is 3.43. The average Bonchev–Trinajstić information content (AvgIpc) is 2.82. The molecule has 3 nitrogen and oxygen atoms in total. The summed E-state index contributed by atoms with van der Waals surface area (Å²) < 4.78 is 2.07. The molecule has 0 aliphatic rings. The molecule has 0 unspecified atom stereocenters. The van der Waals surface area contributed by atoms with Crippen LogP contribution >= 0.6 is 0 Å². The van der Waals surface area contributed by atoms with Gasteiger partial charge in [0.15, 0.2) is 0 Å². The van der Waals surface area contributed by atoms with Crippen LogP contribution < -0.4 is 5.32 Å². The third-order valence-corrected chi connectivity index (χ3v) is 3.33. The van der Waals surface area contributed by atoms with Gasteiger partial charge < -0.3 is 9.72 Å². The van der Waals surface area contributed by atoms with Crippen molar-refractivity contribution in [1.29, 1.82) is 0 Å². The molecule has 19 heavy (non-hydrogen) atoms. The summed E-state index contributed by atoms with van der Waals surface area (Å²) in [5.41, 5.74) is 5.70. The fraction of sp³-hybridized carbons (Fsp3) is 0.188. The Morgan fingerprint density at radius 3 is 2.63 bits per heavy atom. The molecular formula is C16H17N3. The van der Waals surface area contributed by atoms with Crippen molar-refractivity contribution in [2.45, 2.75) is 20.4 Å². The Hall–Kier alpha value is -2.29. The van der Waals surface area contributed by atoms with Crippen LogP contribution in [0, 0.1) is 13.8 Å². The first-order valence-electron chi connectivity index (χ1n) is 6.47. The van der Waals surface area contributed by atoms with E-state index < -0.39 is 0 Å². The highest BCUT2D eigenvalue weighted by atomic mass is 15.0. The molecular weight excluding hydrogens is 234 g/mol. The number of nitrogens with zero attached hydrogens (tertiary/aromatic N) is 2. The molecule has 0 fully saturated rings. The molecule has 3 aromatic rings. The van der Waals surface area contributed by atoms with E-state index in [9.17, 15) is 0 Å². The second-order valence-corrected chi connectivity index (χ2v) is 4.82. The number of imidazole rings is 1. The van der Waals surface area contributed by atoms with Crippen LogP contribution in [0.15, 0.2) is 48.8 Å². The van der Waals surface area contributed by atoms with Crippen LogP contribution in [-0.4, -0.2) is 9.38 Å². The molecule has 0 saturated heterocycles. The zero-order chi connectivity index (χ0) is 13.2. The van der Waals surface area contributed by atoms with E-state index in [2.05, 4.69) is 59.0 Å².